The molecule has 1 unspecified atom stereocenters. The lowest BCUT2D eigenvalue weighted by atomic mass is 10.2. The van der Waals surface area contributed by atoms with Crippen LogP contribution in [-0.2, 0) is 0 Å². The third-order valence-corrected chi connectivity index (χ3v) is 3.78. The third-order valence-electron chi connectivity index (χ3n) is 2.09. The molecule has 80 valence electrons. The van der Waals surface area contributed by atoms with E-state index in [0.29, 0.717) is 0 Å². The number of hydrogen-bond donors (Lipinski definition) is 1. The number of benzene rings is 1. The van der Waals surface area contributed by atoms with Crippen LogP contribution in [0.2, 0.25) is 0 Å². The maximum absolute atomic E-state index is 9.13. The van der Waals surface area contributed by atoms with Crippen LogP contribution in [0.5, 0.6) is 0 Å². The second kappa shape index (κ2) is 5.15. The van der Waals surface area contributed by atoms with Crippen molar-refractivity contribution >= 4 is 33.0 Å². The van der Waals surface area contributed by atoms with Crippen molar-refractivity contribution in [3.05, 3.63) is 51.1 Å². The Morgan fingerprint density at radius 3 is 2.50 bits per heavy atom. The summed E-state index contributed by atoms with van der Waals surface area (Å²) in [6.45, 7) is 0. The van der Waals surface area contributed by atoms with Gasteiger partial charge in [0.15, 0.2) is 0 Å². The number of rotatable bonds is 3. The number of hydrogen-bond acceptors (Lipinski definition) is 3. The van der Waals surface area contributed by atoms with Gasteiger partial charge in [0.25, 0.3) is 0 Å². The van der Waals surface area contributed by atoms with Gasteiger partial charge in [-0.15, -0.1) is 11.3 Å². The summed E-state index contributed by atoms with van der Waals surface area (Å²) in [4.78, 5) is 1.01. The lowest BCUT2D eigenvalue weighted by Crippen LogP contribution is -2.06. The van der Waals surface area contributed by atoms with Crippen molar-refractivity contribution < 1.29 is 0 Å². The first-order valence-corrected chi connectivity index (χ1v) is 6.37. The highest BCUT2D eigenvalue weighted by Crippen LogP contribution is 2.29. The van der Waals surface area contributed by atoms with Crippen LogP contribution in [0.25, 0.3) is 0 Å². The molecule has 2 aromatic rings. The molecule has 1 aromatic heterocycles. The number of nitriles is 1. The van der Waals surface area contributed by atoms with Gasteiger partial charge >= 0.3 is 0 Å². The average molecular weight is 293 g/mol. The van der Waals surface area contributed by atoms with Crippen molar-refractivity contribution in [2.24, 2.45) is 0 Å². The smallest absolute Gasteiger partial charge is 0.149 e. The summed E-state index contributed by atoms with van der Waals surface area (Å²) in [5, 5.41) is 12.3. The Balaban J connectivity index is 2.16. The highest BCUT2D eigenvalue weighted by molar-refractivity contribution is 9.11. The van der Waals surface area contributed by atoms with Gasteiger partial charge in [0.2, 0.25) is 0 Å². The SMILES string of the molecule is N#CC(Nc1ccccc1)c1ccc(Br)s1. The predicted octanol–water partition coefficient (Wildman–Crippen LogP) is 4.19. The van der Waals surface area contributed by atoms with Gasteiger partial charge in [-0.1, -0.05) is 18.2 Å². The molecule has 0 amide bonds. The fourth-order valence-electron chi connectivity index (χ4n) is 1.35. The fraction of sp³-hybridized carbons (Fsp3) is 0.0833. The molecule has 1 aromatic carbocycles. The van der Waals surface area contributed by atoms with Gasteiger partial charge in [0.1, 0.15) is 6.04 Å². The Morgan fingerprint density at radius 2 is 1.94 bits per heavy atom. The maximum Gasteiger partial charge on any atom is 0.149 e. The summed E-state index contributed by atoms with van der Waals surface area (Å²) in [7, 11) is 0. The summed E-state index contributed by atoms with van der Waals surface area (Å²) in [6, 6.07) is 15.6. The zero-order valence-electron chi connectivity index (χ0n) is 8.35. The van der Waals surface area contributed by atoms with Crippen molar-refractivity contribution in [3.8, 4) is 6.07 Å². The second-order valence-corrected chi connectivity index (χ2v) is 5.71. The van der Waals surface area contributed by atoms with Gasteiger partial charge in [-0.25, -0.2) is 0 Å². The zero-order chi connectivity index (χ0) is 11.4. The van der Waals surface area contributed by atoms with Gasteiger partial charge in [0, 0.05) is 10.6 Å². The van der Waals surface area contributed by atoms with E-state index >= 15 is 0 Å². The molecule has 0 aliphatic carbocycles. The fourth-order valence-corrected chi connectivity index (χ4v) is 2.77. The second-order valence-electron chi connectivity index (χ2n) is 3.21. The molecule has 1 N–H and O–H groups in total. The van der Waals surface area contributed by atoms with Crippen LogP contribution < -0.4 is 5.32 Å². The Hall–Kier alpha value is -1.31. The largest absolute Gasteiger partial charge is 0.366 e. The minimum Gasteiger partial charge on any atom is -0.366 e. The van der Waals surface area contributed by atoms with Crippen LogP contribution in [0.15, 0.2) is 46.3 Å². The minimum atomic E-state index is -0.293. The Morgan fingerprint density at radius 1 is 1.19 bits per heavy atom. The van der Waals surface area contributed by atoms with Gasteiger partial charge in [-0.05, 0) is 40.2 Å². The summed E-state index contributed by atoms with van der Waals surface area (Å²) < 4.78 is 1.04. The molecule has 16 heavy (non-hydrogen) atoms. The van der Waals surface area contributed by atoms with Crippen molar-refractivity contribution in [2.45, 2.75) is 6.04 Å². The van der Waals surface area contributed by atoms with Crippen LogP contribution in [-0.4, -0.2) is 0 Å². The number of para-hydroxylation sites is 1. The Kier molecular flexibility index (Phi) is 3.60. The van der Waals surface area contributed by atoms with Gasteiger partial charge in [0.05, 0.1) is 9.86 Å². The molecule has 0 saturated heterocycles. The van der Waals surface area contributed by atoms with Crippen LogP contribution in [0, 0.1) is 11.3 Å². The lowest BCUT2D eigenvalue weighted by molar-refractivity contribution is 1.03. The molecule has 0 aliphatic rings. The van der Waals surface area contributed by atoms with Crippen molar-refractivity contribution in [2.75, 3.05) is 5.32 Å². The third kappa shape index (κ3) is 2.63. The Bertz CT molecular complexity index is 501. The minimum absolute atomic E-state index is 0.293. The van der Waals surface area contributed by atoms with Crippen molar-refractivity contribution in [1.29, 1.82) is 5.26 Å². The summed E-state index contributed by atoms with van der Waals surface area (Å²) >= 11 is 4.97. The monoisotopic (exact) mass is 292 g/mol. The van der Waals surface area contributed by atoms with E-state index in [1.165, 1.54) is 0 Å². The lowest BCUT2D eigenvalue weighted by Gasteiger charge is -2.10. The molecule has 0 radical (unpaired) electrons. The highest BCUT2D eigenvalue weighted by atomic mass is 79.9. The molecule has 2 rings (SSSR count). The number of anilines is 1. The maximum atomic E-state index is 9.13. The first kappa shape index (κ1) is 11.2. The topological polar surface area (TPSA) is 35.8 Å². The molecule has 2 nitrogen and oxygen atoms in total. The van der Waals surface area contributed by atoms with Crippen molar-refractivity contribution in [3.63, 3.8) is 0 Å². The molecule has 0 aliphatic heterocycles. The van der Waals surface area contributed by atoms with E-state index in [1.54, 1.807) is 11.3 Å². The van der Waals surface area contributed by atoms with Crippen LogP contribution >= 0.6 is 27.3 Å². The van der Waals surface area contributed by atoms with E-state index in [9.17, 15) is 0 Å². The molecule has 0 fully saturated rings. The van der Waals surface area contributed by atoms with E-state index in [-0.39, 0.29) is 6.04 Å². The van der Waals surface area contributed by atoms with Crippen LogP contribution in [0.3, 0.4) is 0 Å². The normalized spacial score (nSPS) is 11.8. The molecule has 1 heterocycles. The first-order valence-electron chi connectivity index (χ1n) is 4.76. The van der Waals surface area contributed by atoms with Crippen molar-refractivity contribution in [1.82, 2.24) is 0 Å². The molecule has 1 atom stereocenters. The Labute approximate surface area is 107 Å². The van der Waals surface area contributed by atoms with E-state index in [2.05, 4.69) is 27.3 Å². The van der Waals surface area contributed by atoms with Gasteiger partial charge < -0.3 is 5.32 Å². The van der Waals surface area contributed by atoms with Crippen LogP contribution in [0.1, 0.15) is 10.9 Å². The molecule has 4 heteroatoms. The van der Waals surface area contributed by atoms with E-state index in [1.807, 2.05) is 42.5 Å². The van der Waals surface area contributed by atoms with Crippen LogP contribution in [0.4, 0.5) is 5.69 Å². The predicted molar refractivity (Wildman–Crippen MR) is 70.4 cm³/mol. The standard InChI is InChI=1S/C12H9BrN2S/c13-12-7-6-11(16-12)10(8-14)15-9-4-2-1-3-5-9/h1-7,10,15H. The molecule has 0 bridgehead atoms. The first-order chi connectivity index (χ1) is 7.79. The summed E-state index contributed by atoms with van der Waals surface area (Å²) in [5.41, 5.74) is 0.957. The highest BCUT2D eigenvalue weighted by Gasteiger charge is 2.12. The molecule has 0 saturated carbocycles. The zero-order valence-corrected chi connectivity index (χ0v) is 10.8. The number of nitrogens with zero attached hydrogens (tertiary/aromatic N) is 1. The number of thiophene rings is 1. The summed E-state index contributed by atoms with van der Waals surface area (Å²) in [5.74, 6) is 0. The van der Waals surface area contributed by atoms with E-state index in [4.69, 9.17) is 5.26 Å². The molecule has 0 spiro atoms. The number of halogens is 1. The molecular formula is C12H9BrN2S. The van der Waals surface area contributed by atoms with E-state index < -0.39 is 0 Å². The van der Waals surface area contributed by atoms with Gasteiger partial charge in [-0.2, -0.15) is 5.26 Å². The molecular weight excluding hydrogens is 284 g/mol. The quantitative estimate of drug-likeness (QED) is 0.921. The van der Waals surface area contributed by atoms with E-state index in [0.717, 1.165) is 14.4 Å². The summed E-state index contributed by atoms with van der Waals surface area (Å²) in [6.07, 6.45) is 0. The average Bonchev–Trinajstić information content (AvgIpc) is 2.74. The number of nitrogens with one attached hydrogen (secondary N) is 1. The van der Waals surface area contributed by atoms with Gasteiger partial charge in [-0.3, -0.25) is 0 Å².